The molecule has 0 N–H and O–H groups in total. The van der Waals surface area contributed by atoms with Crippen LogP contribution in [0.15, 0.2) is 12.1 Å². The minimum atomic E-state index is 0.802. The van der Waals surface area contributed by atoms with Crippen LogP contribution in [0.3, 0.4) is 0 Å². The fourth-order valence-corrected chi connectivity index (χ4v) is 1.83. The van der Waals surface area contributed by atoms with E-state index in [0.29, 0.717) is 0 Å². The van der Waals surface area contributed by atoms with E-state index in [4.69, 9.17) is 4.74 Å². The van der Waals surface area contributed by atoms with Gasteiger partial charge in [-0.25, -0.2) is 9.97 Å². The molecule has 0 saturated carbocycles. The van der Waals surface area contributed by atoms with Crippen LogP contribution >= 0.6 is 0 Å². The van der Waals surface area contributed by atoms with Gasteiger partial charge >= 0.3 is 0 Å². The Bertz CT molecular complexity index is 521. The third kappa shape index (κ3) is 1.54. The number of ether oxygens (including phenoxy) is 1. The van der Waals surface area contributed by atoms with Crippen molar-refractivity contribution in [1.29, 1.82) is 0 Å². The maximum Gasteiger partial charge on any atom is 0.126 e. The lowest BCUT2D eigenvalue weighted by molar-refractivity contribution is 0.412. The SMILES string of the molecule is COc1ccc2c(C)nc(C)nc2c1C. The van der Waals surface area contributed by atoms with Gasteiger partial charge in [-0.05, 0) is 32.9 Å². The van der Waals surface area contributed by atoms with Crippen LogP contribution in [0, 0.1) is 20.8 Å². The van der Waals surface area contributed by atoms with E-state index in [9.17, 15) is 0 Å². The van der Waals surface area contributed by atoms with E-state index in [1.165, 1.54) is 0 Å². The van der Waals surface area contributed by atoms with E-state index < -0.39 is 0 Å². The van der Waals surface area contributed by atoms with E-state index in [0.717, 1.165) is 33.7 Å². The van der Waals surface area contributed by atoms with E-state index in [2.05, 4.69) is 9.97 Å². The molecular weight excluding hydrogens is 188 g/mol. The van der Waals surface area contributed by atoms with Crippen molar-refractivity contribution in [2.75, 3.05) is 7.11 Å². The topological polar surface area (TPSA) is 35.0 Å². The molecule has 0 aliphatic rings. The summed E-state index contributed by atoms with van der Waals surface area (Å²) >= 11 is 0. The highest BCUT2D eigenvalue weighted by Gasteiger charge is 2.08. The predicted molar refractivity (Wildman–Crippen MR) is 60.3 cm³/mol. The summed E-state index contributed by atoms with van der Waals surface area (Å²) < 4.78 is 5.27. The van der Waals surface area contributed by atoms with Crippen LogP contribution < -0.4 is 4.74 Å². The molecule has 2 rings (SSSR count). The van der Waals surface area contributed by atoms with Gasteiger partial charge in [-0.15, -0.1) is 0 Å². The standard InChI is InChI=1S/C12H14N2O/c1-7-11(15-4)6-5-10-8(2)13-9(3)14-12(7)10/h5-6H,1-4H3. The molecule has 0 amide bonds. The van der Waals surface area contributed by atoms with Crippen molar-refractivity contribution in [3.63, 3.8) is 0 Å². The average Bonchev–Trinajstić information content (AvgIpc) is 2.19. The number of benzene rings is 1. The van der Waals surface area contributed by atoms with Crippen molar-refractivity contribution in [3.8, 4) is 5.75 Å². The zero-order valence-corrected chi connectivity index (χ0v) is 9.46. The number of aryl methyl sites for hydroxylation is 3. The Balaban J connectivity index is 2.86. The minimum Gasteiger partial charge on any atom is -0.496 e. The summed E-state index contributed by atoms with van der Waals surface area (Å²) in [6, 6.07) is 3.97. The summed E-state index contributed by atoms with van der Waals surface area (Å²) in [7, 11) is 1.68. The second kappa shape index (κ2) is 3.50. The molecule has 3 heteroatoms. The van der Waals surface area contributed by atoms with Crippen LogP contribution in [0.2, 0.25) is 0 Å². The molecule has 0 unspecified atom stereocenters. The van der Waals surface area contributed by atoms with Gasteiger partial charge in [0, 0.05) is 16.6 Å². The Morgan fingerprint density at radius 3 is 2.47 bits per heavy atom. The van der Waals surface area contributed by atoms with E-state index in [-0.39, 0.29) is 0 Å². The van der Waals surface area contributed by atoms with Gasteiger partial charge in [-0.3, -0.25) is 0 Å². The highest BCUT2D eigenvalue weighted by molar-refractivity contribution is 5.85. The largest absolute Gasteiger partial charge is 0.496 e. The first kappa shape index (κ1) is 9.90. The Kier molecular flexibility index (Phi) is 2.31. The second-order valence-corrected chi connectivity index (χ2v) is 3.65. The molecule has 0 aliphatic heterocycles. The first-order chi connectivity index (χ1) is 7.13. The number of fused-ring (bicyclic) bond motifs is 1. The normalized spacial score (nSPS) is 10.7. The van der Waals surface area contributed by atoms with Crippen molar-refractivity contribution < 1.29 is 4.74 Å². The molecule has 0 fully saturated rings. The highest BCUT2D eigenvalue weighted by Crippen LogP contribution is 2.26. The molecule has 1 aromatic carbocycles. The van der Waals surface area contributed by atoms with Gasteiger partial charge < -0.3 is 4.74 Å². The summed E-state index contributed by atoms with van der Waals surface area (Å²) in [5.74, 6) is 1.68. The quantitative estimate of drug-likeness (QED) is 0.712. The fraction of sp³-hybridized carbons (Fsp3) is 0.333. The number of nitrogens with zero attached hydrogens (tertiary/aromatic N) is 2. The Labute approximate surface area is 89.1 Å². The van der Waals surface area contributed by atoms with Crippen LogP contribution in [0.4, 0.5) is 0 Å². The molecule has 1 heterocycles. The third-order valence-electron chi connectivity index (χ3n) is 2.59. The molecular formula is C12H14N2O. The van der Waals surface area contributed by atoms with E-state index >= 15 is 0 Å². The highest BCUT2D eigenvalue weighted by atomic mass is 16.5. The minimum absolute atomic E-state index is 0.802. The van der Waals surface area contributed by atoms with Gasteiger partial charge in [0.15, 0.2) is 0 Å². The first-order valence-corrected chi connectivity index (χ1v) is 4.92. The molecule has 1 aromatic heterocycles. The van der Waals surface area contributed by atoms with Gasteiger partial charge in [0.1, 0.15) is 11.6 Å². The van der Waals surface area contributed by atoms with Crippen LogP contribution in [-0.4, -0.2) is 17.1 Å². The zero-order valence-electron chi connectivity index (χ0n) is 9.46. The molecule has 0 spiro atoms. The summed E-state index contributed by atoms with van der Waals surface area (Å²) in [5.41, 5.74) is 3.08. The Morgan fingerprint density at radius 2 is 1.80 bits per heavy atom. The molecule has 2 aromatic rings. The molecule has 0 aliphatic carbocycles. The van der Waals surface area contributed by atoms with Crippen molar-refractivity contribution in [2.24, 2.45) is 0 Å². The van der Waals surface area contributed by atoms with E-state index in [1.54, 1.807) is 7.11 Å². The molecule has 78 valence electrons. The number of rotatable bonds is 1. The monoisotopic (exact) mass is 202 g/mol. The van der Waals surface area contributed by atoms with Gasteiger partial charge in [-0.1, -0.05) is 0 Å². The molecule has 0 atom stereocenters. The molecule has 0 radical (unpaired) electrons. The van der Waals surface area contributed by atoms with Gasteiger partial charge in [0.2, 0.25) is 0 Å². The molecule has 0 saturated heterocycles. The van der Waals surface area contributed by atoms with E-state index in [1.807, 2.05) is 32.9 Å². The first-order valence-electron chi connectivity index (χ1n) is 4.92. The van der Waals surface area contributed by atoms with Gasteiger partial charge in [0.25, 0.3) is 0 Å². The lowest BCUT2D eigenvalue weighted by Crippen LogP contribution is -1.96. The summed E-state index contributed by atoms with van der Waals surface area (Å²) in [6.07, 6.45) is 0. The van der Waals surface area contributed by atoms with Crippen LogP contribution in [0.25, 0.3) is 10.9 Å². The number of hydrogen-bond acceptors (Lipinski definition) is 3. The maximum atomic E-state index is 5.27. The number of aromatic nitrogens is 2. The third-order valence-corrected chi connectivity index (χ3v) is 2.59. The summed E-state index contributed by atoms with van der Waals surface area (Å²) in [4.78, 5) is 8.80. The maximum absolute atomic E-state index is 5.27. The number of hydrogen-bond donors (Lipinski definition) is 0. The average molecular weight is 202 g/mol. The lowest BCUT2D eigenvalue weighted by Gasteiger charge is -2.09. The number of methoxy groups -OCH3 is 1. The van der Waals surface area contributed by atoms with Crippen LogP contribution in [-0.2, 0) is 0 Å². The molecule has 3 nitrogen and oxygen atoms in total. The molecule has 0 bridgehead atoms. The van der Waals surface area contributed by atoms with Crippen molar-refractivity contribution in [1.82, 2.24) is 9.97 Å². The van der Waals surface area contributed by atoms with Gasteiger partial charge in [-0.2, -0.15) is 0 Å². The van der Waals surface area contributed by atoms with Crippen LogP contribution in [0.1, 0.15) is 17.1 Å². The second-order valence-electron chi connectivity index (χ2n) is 3.65. The van der Waals surface area contributed by atoms with Crippen molar-refractivity contribution in [3.05, 3.63) is 29.2 Å². The van der Waals surface area contributed by atoms with Crippen molar-refractivity contribution >= 4 is 10.9 Å². The van der Waals surface area contributed by atoms with Gasteiger partial charge in [0.05, 0.1) is 12.6 Å². The lowest BCUT2D eigenvalue weighted by atomic mass is 10.1. The van der Waals surface area contributed by atoms with Crippen LogP contribution in [0.5, 0.6) is 5.75 Å². The predicted octanol–water partition coefficient (Wildman–Crippen LogP) is 2.56. The summed E-state index contributed by atoms with van der Waals surface area (Å²) in [6.45, 7) is 5.93. The zero-order chi connectivity index (χ0) is 11.0. The fourth-order valence-electron chi connectivity index (χ4n) is 1.83. The Morgan fingerprint density at radius 1 is 1.07 bits per heavy atom. The summed E-state index contributed by atoms with van der Waals surface area (Å²) in [5, 5.41) is 1.10. The molecule has 15 heavy (non-hydrogen) atoms. The van der Waals surface area contributed by atoms with Crippen molar-refractivity contribution in [2.45, 2.75) is 20.8 Å². The Hall–Kier alpha value is -1.64. The smallest absolute Gasteiger partial charge is 0.126 e.